The predicted octanol–water partition coefficient (Wildman–Crippen LogP) is 3.73. The van der Waals surface area contributed by atoms with Crippen LogP contribution in [0.5, 0.6) is 0 Å². The minimum absolute atomic E-state index is 0.0289. The maximum Gasteiger partial charge on any atom is 0.325 e. The molecule has 0 bridgehead atoms. The Hall–Kier alpha value is -2.22. The number of halogens is 1. The highest BCUT2D eigenvalue weighted by Gasteiger charge is 2.11. The molecule has 0 unspecified atom stereocenters. The second-order valence-corrected chi connectivity index (χ2v) is 7.38. The monoisotopic (exact) mass is 392 g/mol. The highest BCUT2D eigenvalue weighted by molar-refractivity contribution is 7.16. The number of carbonyl (C=O) groups is 2. The number of esters is 1. The maximum atomic E-state index is 12.2. The van der Waals surface area contributed by atoms with Gasteiger partial charge in [0.2, 0.25) is 0 Å². The molecule has 25 heavy (non-hydrogen) atoms. The number of carbonyl (C=O) groups excluding carboxylic acids is 2. The van der Waals surface area contributed by atoms with E-state index >= 15 is 0 Å². The third-order valence-electron chi connectivity index (χ3n) is 3.30. The SMILES string of the molecule is COC(=O)Cn1c(=NC(=O)/C=C/c2cccs2)sc2cc(Cl)ccc21. The molecule has 2 heterocycles. The van der Waals surface area contributed by atoms with Gasteiger partial charge in [-0.3, -0.25) is 9.59 Å². The van der Waals surface area contributed by atoms with Crippen molar-refractivity contribution in [1.82, 2.24) is 4.57 Å². The van der Waals surface area contributed by atoms with Crippen LogP contribution in [-0.2, 0) is 20.9 Å². The molecule has 128 valence electrons. The molecule has 2 aromatic heterocycles. The Kier molecular flexibility index (Phi) is 5.47. The highest BCUT2D eigenvalue weighted by atomic mass is 35.5. The Morgan fingerprint density at radius 3 is 2.92 bits per heavy atom. The molecule has 0 aliphatic heterocycles. The lowest BCUT2D eigenvalue weighted by molar-refractivity contribution is -0.141. The Bertz CT molecular complexity index is 1020. The van der Waals surface area contributed by atoms with E-state index in [1.54, 1.807) is 28.8 Å². The summed E-state index contributed by atoms with van der Waals surface area (Å²) in [6.07, 6.45) is 3.12. The molecule has 0 atom stereocenters. The summed E-state index contributed by atoms with van der Waals surface area (Å²) in [5.74, 6) is -0.817. The molecule has 5 nitrogen and oxygen atoms in total. The van der Waals surface area contributed by atoms with Crippen molar-refractivity contribution in [2.45, 2.75) is 6.54 Å². The Balaban J connectivity index is 2.02. The number of thiophene rings is 1. The quantitative estimate of drug-likeness (QED) is 0.502. The van der Waals surface area contributed by atoms with Crippen LogP contribution in [0.1, 0.15) is 4.88 Å². The van der Waals surface area contributed by atoms with Crippen molar-refractivity contribution in [2.75, 3.05) is 7.11 Å². The predicted molar refractivity (Wildman–Crippen MR) is 101 cm³/mol. The van der Waals surface area contributed by atoms with Crippen molar-refractivity contribution in [3.05, 3.63) is 56.5 Å². The summed E-state index contributed by atoms with van der Waals surface area (Å²) in [5, 5.41) is 2.51. The Labute approximate surface area is 156 Å². The van der Waals surface area contributed by atoms with Gasteiger partial charge in [0, 0.05) is 16.0 Å². The van der Waals surface area contributed by atoms with Crippen molar-refractivity contribution in [3.63, 3.8) is 0 Å². The zero-order chi connectivity index (χ0) is 17.8. The van der Waals surface area contributed by atoms with E-state index in [0.717, 1.165) is 15.1 Å². The molecule has 0 N–H and O–H groups in total. The van der Waals surface area contributed by atoms with E-state index in [-0.39, 0.29) is 6.54 Å². The van der Waals surface area contributed by atoms with E-state index in [4.69, 9.17) is 16.3 Å². The van der Waals surface area contributed by atoms with Gasteiger partial charge in [0.1, 0.15) is 6.54 Å². The molecule has 1 amide bonds. The van der Waals surface area contributed by atoms with Crippen molar-refractivity contribution in [3.8, 4) is 0 Å². The van der Waals surface area contributed by atoms with Gasteiger partial charge in [-0.05, 0) is 35.7 Å². The second kappa shape index (κ2) is 7.77. The van der Waals surface area contributed by atoms with Crippen LogP contribution in [0.25, 0.3) is 16.3 Å². The first-order chi connectivity index (χ1) is 12.1. The van der Waals surface area contributed by atoms with Gasteiger partial charge in [-0.25, -0.2) is 0 Å². The van der Waals surface area contributed by atoms with Crippen LogP contribution < -0.4 is 4.80 Å². The average molecular weight is 393 g/mol. The van der Waals surface area contributed by atoms with Gasteiger partial charge in [-0.2, -0.15) is 4.99 Å². The summed E-state index contributed by atoms with van der Waals surface area (Å²) in [6, 6.07) is 9.12. The smallest absolute Gasteiger partial charge is 0.325 e. The molecule has 1 aromatic carbocycles. The van der Waals surface area contributed by atoms with Crippen LogP contribution in [0, 0.1) is 0 Å². The minimum Gasteiger partial charge on any atom is -0.468 e. The van der Waals surface area contributed by atoms with E-state index < -0.39 is 11.9 Å². The number of thiazole rings is 1. The average Bonchev–Trinajstić information content (AvgIpc) is 3.21. The van der Waals surface area contributed by atoms with Crippen molar-refractivity contribution >= 4 is 62.4 Å². The van der Waals surface area contributed by atoms with Gasteiger partial charge in [-0.15, -0.1) is 11.3 Å². The van der Waals surface area contributed by atoms with Crippen LogP contribution >= 0.6 is 34.3 Å². The number of fused-ring (bicyclic) bond motifs is 1. The number of benzene rings is 1. The van der Waals surface area contributed by atoms with E-state index in [9.17, 15) is 9.59 Å². The molecule has 3 rings (SSSR count). The largest absolute Gasteiger partial charge is 0.468 e. The van der Waals surface area contributed by atoms with Crippen LogP contribution in [-0.4, -0.2) is 23.6 Å². The first-order valence-electron chi connectivity index (χ1n) is 7.23. The number of ether oxygens (including phenoxy) is 1. The number of methoxy groups -OCH3 is 1. The number of amides is 1. The number of rotatable bonds is 4. The molecule has 0 saturated carbocycles. The highest BCUT2D eigenvalue weighted by Crippen LogP contribution is 2.22. The Morgan fingerprint density at radius 1 is 1.36 bits per heavy atom. The maximum absolute atomic E-state index is 12.2. The van der Waals surface area contributed by atoms with Gasteiger partial charge in [0.15, 0.2) is 4.80 Å². The summed E-state index contributed by atoms with van der Waals surface area (Å²) in [7, 11) is 1.32. The molecule has 0 aliphatic rings. The number of nitrogens with zero attached hydrogens (tertiary/aromatic N) is 2. The molecule has 3 aromatic rings. The zero-order valence-electron chi connectivity index (χ0n) is 13.1. The van der Waals surface area contributed by atoms with E-state index in [1.165, 1.54) is 35.9 Å². The third kappa shape index (κ3) is 4.25. The van der Waals surface area contributed by atoms with Gasteiger partial charge in [0.05, 0.1) is 17.3 Å². The molecular weight excluding hydrogens is 380 g/mol. The number of aromatic nitrogens is 1. The van der Waals surface area contributed by atoms with Gasteiger partial charge < -0.3 is 9.30 Å². The lowest BCUT2D eigenvalue weighted by Crippen LogP contribution is -2.22. The van der Waals surface area contributed by atoms with Crippen molar-refractivity contribution < 1.29 is 14.3 Å². The van der Waals surface area contributed by atoms with Crippen LogP contribution in [0.2, 0.25) is 5.02 Å². The van der Waals surface area contributed by atoms with Gasteiger partial charge >= 0.3 is 5.97 Å². The van der Waals surface area contributed by atoms with E-state index in [2.05, 4.69) is 4.99 Å². The molecule has 0 aliphatic carbocycles. The molecule has 0 radical (unpaired) electrons. The standard InChI is InChI=1S/C17H13ClN2O3S2/c1-23-16(22)10-20-13-6-4-11(18)9-14(13)25-17(20)19-15(21)7-5-12-3-2-8-24-12/h2-9H,10H2,1H3/b7-5+,19-17?. The summed E-state index contributed by atoms with van der Waals surface area (Å²) < 4.78 is 7.22. The first kappa shape index (κ1) is 17.6. The summed E-state index contributed by atoms with van der Waals surface area (Å²) in [4.78, 5) is 29.4. The van der Waals surface area contributed by atoms with Crippen molar-refractivity contribution in [2.24, 2.45) is 4.99 Å². The van der Waals surface area contributed by atoms with Crippen LogP contribution in [0.3, 0.4) is 0 Å². The first-order valence-corrected chi connectivity index (χ1v) is 9.30. The molecule has 0 saturated heterocycles. The van der Waals surface area contributed by atoms with E-state index in [1.807, 2.05) is 17.5 Å². The normalized spacial score (nSPS) is 12.2. The zero-order valence-corrected chi connectivity index (χ0v) is 15.5. The molecular formula is C17H13ClN2O3S2. The number of hydrogen-bond donors (Lipinski definition) is 0. The van der Waals surface area contributed by atoms with Gasteiger partial charge in [0.25, 0.3) is 5.91 Å². The minimum atomic E-state index is -0.419. The fraction of sp³-hybridized carbons (Fsp3) is 0.118. The molecule has 0 spiro atoms. The summed E-state index contributed by atoms with van der Waals surface area (Å²) >= 11 is 8.85. The number of hydrogen-bond acceptors (Lipinski definition) is 5. The second-order valence-electron chi connectivity index (χ2n) is 4.96. The van der Waals surface area contributed by atoms with E-state index in [0.29, 0.717) is 9.82 Å². The lowest BCUT2D eigenvalue weighted by Gasteiger charge is -2.03. The summed E-state index contributed by atoms with van der Waals surface area (Å²) in [5.41, 5.74) is 0.772. The third-order valence-corrected chi connectivity index (χ3v) is 5.41. The topological polar surface area (TPSA) is 60.7 Å². The lowest BCUT2D eigenvalue weighted by atomic mass is 10.3. The molecule has 8 heteroatoms. The fourth-order valence-electron chi connectivity index (χ4n) is 2.15. The Morgan fingerprint density at radius 2 is 2.20 bits per heavy atom. The van der Waals surface area contributed by atoms with Crippen LogP contribution in [0.4, 0.5) is 0 Å². The molecule has 0 fully saturated rings. The fourth-order valence-corrected chi connectivity index (χ4v) is 4.08. The van der Waals surface area contributed by atoms with Crippen molar-refractivity contribution in [1.29, 1.82) is 0 Å². The summed E-state index contributed by atoms with van der Waals surface area (Å²) in [6.45, 7) is -0.0289. The van der Waals surface area contributed by atoms with Gasteiger partial charge in [-0.1, -0.05) is 29.0 Å². The van der Waals surface area contributed by atoms with Crippen LogP contribution in [0.15, 0.2) is 46.8 Å².